The van der Waals surface area contributed by atoms with E-state index in [-0.39, 0.29) is 35.5 Å². The molecule has 1 unspecified atom stereocenters. The molecule has 9 nitrogen and oxygen atoms in total. The van der Waals surface area contributed by atoms with Crippen LogP contribution in [0.4, 0.5) is 5.69 Å². The lowest BCUT2D eigenvalue weighted by Crippen LogP contribution is -2.42. The number of para-hydroxylation sites is 2. The summed E-state index contributed by atoms with van der Waals surface area (Å²) in [5.41, 5.74) is 5.37. The summed E-state index contributed by atoms with van der Waals surface area (Å²) in [4.78, 5) is 37.5. The van der Waals surface area contributed by atoms with Crippen molar-refractivity contribution >= 4 is 24.0 Å². The van der Waals surface area contributed by atoms with Gasteiger partial charge in [-0.05, 0) is 25.8 Å². The first-order chi connectivity index (χ1) is 12.4. The summed E-state index contributed by atoms with van der Waals surface area (Å²) in [5.74, 6) is -0.490. The Bertz CT molecular complexity index is 930. The molecule has 0 bridgehead atoms. The van der Waals surface area contributed by atoms with Crippen molar-refractivity contribution in [3.8, 4) is 5.69 Å². The van der Waals surface area contributed by atoms with Gasteiger partial charge in [-0.25, -0.2) is 4.68 Å². The first-order valence-corrected chi connectivity index (χ1v) is 8.30. The Morgan fingerprint density at radius 1 is 1.41 bits per heavy atom. The van der Waals surface area contributed by atoms with Crippen molar-refractivity contribution in [3.05, 3.63) is 62.1 Å². The fraction of sp³-hybridized carbons (Fsp3) is 0.353. The van der Waals surface area contributed by atoms with Crippen LogP contribution in [-0.4, -0.2) is 44.6 Å². The van der Waals surface area contributed by atoms with Crippen LogP contribution in [0.1, 0.15) is 29.0 Å². The standard InChI is InChI=1S/C17H19N5O4.ClH/c1-11-9-15(23)16(17(24)20-8-4-5-12(20)10-18)19-21(11)13-6-2-3-7-14(13)22(25)26;/h2-3,6-7,9,12H,4-5,8,10,18H2,1H3;1H. The normalized spacial score (nSPS) is 16.1. The third-order valence-electron chi connectivity index (χ3n) is 4.53. The molecule has 2 aromatic rings. The largest absolute Gasteiger partial charge is 0.333 e. The molecule has 3 rings (SSSR count). The zero-order valence-corrected chi connectivity index (χ0v) is 15.5. The topological polar surface area (TPSA) is 124 Å². The number of hydrogen-bond acceptors (Lipinski definition) is 6. The number of amides is 1. The van der Waals surface area contributed by atoms with E-state index >= 15 is 0 Å². The van der Waals surface area contributed by atoms with Crippen LogP contribution in [0.2, 0.25) is 0 Å². The molecule has 1 aliphatic heterocycles. The van der Waals surface area contributed by atoms with Crippen molar-refractivity contribution in [1.29, 1.82) is 0 Å². The Kier molecular flexibility index (Phi) is 6.29. The van der Waals surface area contributed by atoms with E-state index < -0.39 is 16.3 Å². The number of rotatable bonds is 4. The van der Waals surface area contributed by atoms with Gasteiger partial charge in [0.15, 0.2) is 5.69 Å². The third-order valence-corrected chi connectivity index (χ3v) is 4.53. The Labute approximate surface area is 161 Å². The first kappa shape index (κ1) is 20.5. The number of aryl methyl sites for hydroxylation is 1. The van der Waals surface area contributed by atoms with Gasteiger partial charge in [0.2, 0.25) is 5.43 Å². The fourth-order valence-corrected chi connectivity index (χ4v) is 3.22. The number of carbonyl (C=O) groups excluding carboxylic acids is 1. The summed E-state index contributed by atoms with van der Waals surface area (Å²) in [7, 11) is 0. The minimum atomic E-state index is -0.527. The van der Waals surface area contributed by atoms with E-state index in [9.17, 15) is 19.7 Å². The number of aromatic nitrogens is 2. The number of nitro benzene ring substituents is 1. The molecule has 1 aromatic heterocycles. The second kappa shape index (κ2) is 8.28. The second-order valence-corrected chi connectivity index (χ2v) is 6.19. The maximum absolute atomic E-state index is 12.8. The van der Waals surface area contributed by atoms with Crippen LogP contribution in [0.3, 0.4) is 0 Å². The van der Waals surface area contributed by atoms with Crippen LogP contribution in [0, 0.1) is 17.0 Å². The van der Waals surface area contributed by atoms with Crippen LogP contribution >= 0.6 is 12.4 Å². The van der Waals surface area contributed by atoms with E-state index in [4.69, 9.17) is 5.73 Å². The lowest BCUT2D eigenvalue weighted by Gasteiger charge is -2.23. The summed E-state index contributed by atoms with van der Waals surface area (Å²) in [6, 6.07) is 7.20. The predicted octanol–water partition coefficient (Wildman–Crippen LogP) is 1.43. The second-order valence-electron chi connectivity index (χ2n) is 6.19. The molecular weight excluding hydrogens is 374 g/mol. The van der Waals surface area contributed by atoms with Gasteiger partial charge in [0.25, 0.3) is 11.6 Å². The minimum Gasteiger partial charge on any atom is -0.333 e. The highest BCUT2D eigenvalue weighted by atomic mass is 35.5. The van der Waals surface area contributed by atoms with Gasteiger partial charge in [-0.3, -0.25) is 19.7 Å². The van der Waals surface area contributed by atoms with Crippen molar-refractivity contribution < 1.29 is 9.72 Å². The quantitative estimate of drug-likeness (QED) is 0.618. The molecule has 1 amide bonds. The summed E-state index contributed by atoms with van der Waals surface area (Å²) < 4.78 is 1.26. The van der Waals surface area contributed by atoms with Gasteiger partial charge >= 0.3 is 0 Å². The first-order valence-electron chi connectivity index (χ1n) is 8.30. The Balaban J connectivity index is 0.00000261. The van der Waals surface area contributed by atoms with Gasteiger partial charge in [0.05, 0.1) is 4.92 Å². The molecule has 0 spiro atoms. The number of nitro groups is 1. The molecule has 1 aromatic carbocycles. The number of carbonyl (C=O) groups is 1. The highest BCUT2D eigenvalue weighted by molar-refractivity contribution is 5.92. The van der Waals surface area contributed by atoms with Crippen molar-refractivity contribution in [2.24, 2.45) is 5.73 Å². The zero-order valence-electron chi connectivity index (χ0n) is 14.7. The molecule has 0 aliphatic carbocycles. The summed E-state index contributed by atoms with van der Waals surface area (Å²) in [6.07, 6.45) is 1.60. The lowest BCUT2D eigenvalue weighted by molar-refractivity contribution is -0.384. The molecule has 144 valence electrons. The third kappa shape index (κ3) is 3.83. The number of halogens is 1. The predicted molar refractivity (Wildman–Crippen MR) is 102 cm³/mol. The summed E-state index contributed by atoms with van der Waals surface area (Å²) >= 11 is 0. The van der Waals surface area contributed by atoms with Crippen molar-refractivity contribution in [1.82, 2.24) is 14.7 Å². The molecule has 1 fully saturated rings. The van der Waals surface area contributed by atoms with Crippen LogP contribution in [0.5, 0.6) is 0 Å². The molecule has 1 atom stereocenters. The number of likely N-dealkylation sites (tertiary alicyclic amines) is 1. The van der Waals surface area contributed by atoms with Crippen LogP contribution in [-0.2, 0) is 0 Å². The summed E-state index contributed by atoms with van der Waals surface area (Å²) in [5, 5.41) is 15.5. The van der Waals surface area contributed by atoms with Crippen LogP contribution < -0.4 is 11.2 Å². The molecule has 27 heavy (non-hydrogen) atoms. The molecule has 0 saturated carbocycles. The van der Waals surface area contributed by atoms with Crippen LogP contribution in [0.25, 0.3) is 5.69 Å². The van der Waals surface area contributed by atoms with Crippen molar-refractivity contribution in [2.45, 2.75) is 25.8 Å². The Morgan fingerprint density at radius 3 is 2.78 bits per heavy atom. The Hall–Kier alpha value is -2.78. The molecule has 2 N–H and O–H groups in total. The van der Waals surface area contributed by atoms with E-state index in [1.54, 1.807) is 24.0 Å². The Morgan fingerprint density at radius 2 is 2.11 bits per heavy atom. The SMILES string of the molecule is Cc1cc(=O)c(C(=O)N2CCCC2CN)nn1-c1ccccc1[N+](=O)[O-].Cl. The maximum Gasteiger partial charge on any atom is 0.294 e. The highest BCUT2D eigenvalue weighted by Crippen LogP contribution is 2.23. The van der Waals surface area contributed by atoms with Gasteiger partial charge in [-0.15, -0.1) is 12.4 Å². The molecule has 10 heteroatoms. The maximum atomic E-state index is 12.8. The smallest absolute Gasteiger partial charge is 0.294 e. The molecular formula is C17H20ClN5O4. The van der Waals surface area contributed by atoms with Gasteiger partial charge in [0.1, 0.15) is 5.69 Å². The highest BCUT2D eigenvalue weighted by Gasteiger charge is 2.31. The van der Waals surface area contributed by atoms with E-state index in [0.717, 1.165) is 12.8 Å². The minimum absolute atomic E-state index is 0. The van der Waals surface area contributed by atoms with Crippen molar-refractivity contribution in [2.75, 3.05) is 13.1 Å². The van der Waals surface area contributed by atoms with Crippen LogP contribution in [0.15, 0.2) is 35.1 Å². The van der Waals surface area contributed by atoms with Gasteiger partial charge in [-0.1, -0.05) is 12.1 Å². The number of nitrogens with two attached hydrogens (primary N) is 1. The zero-order chi connectivity index (χ0) is 18.8. The molecule has 1 saturated heterocycles. The van der Waals surface area contributed by atoms with E-state index in [1.165, 1.54) is 22.9 Å². The monoisotopic (exact) mass is 393 g/mol. The molecule has 0 radical (unpaired) electrons. The summed E-state index contributed by atoms with van der Waals surface area (Å²) in [6.45, 7) is 2.44. The van der Waals surface area contributed by atoms with Gasteiger partial charge in [-0.2, -0.15) is 5.10 Å². The van der Waals surface area contributed by atoms with Gasteiger partial charge < -0.3 is 10.6 Å². The van der Waals surface area contributed by atoms with Gasteiger partial charge in [0, 0.05) is 37.0 Å². The average molecular weight is 394 g/mol. The van der Waals surface area contributed by atoms with E-state index in [0.29, 0.717) is 18.8 Å². The molecule has 2 heterocycles. The number of benzene rings is 1. The number of hydrogen-bond donors (Lipinski definition) is 1. The van der Waals surface area contributed by atoms with Crippen molar-refractivity contribution in [3.63, 3.8) is 0 Å². The molecule has 1 aliphatic rings. The van der Waals surface area contributed by atoms with E-state index in [1.807, 2.05) is 0 Å². The fourth-order valence-electron chi connectivity index (χ4n) is 3.22. The van der Waals surface area contributed by atoms with E-state index in [2.05, 4.69) is 5.10 Å². The number of nitrogens with zero attached hydrogens (tertiary/aromatic N) is 4. The average Bonchev–Trinajstić information content (AvgIpc) is 3.10. The lowest BCUT2D eigenvalue weighted by atomic mass is 10.2.